The number of ether oxygens (including phenoxy) is 1. The summed E-state index contributed by atoms with van der Waals surface area (Å²) in [6.45, 7) is 4.60. The smallest absolute Gasteiger partial charge is 0.416 e. The largest absolute Gasteiger partial charge is 0.496 e. The molecule has 0 spiro atoms. The number of carbonyl (C=O) groups excluding carboxylic acids is 1. The van der Waals surface area contributed by atoms with E-state index in [2.05, 4.69) is 4.90 Å². The van der Waals surface area contributed by atoms with Gasteiger partial charge in [-0.1, -0.05) is 24.3 Å². The molecule has 7 heteroatoms. The lowest BCUT2D eigenvalue weighted by atomic mass is 10.1. The highest BCUT2D eigenvalue weighted by Crippen LogP contribution is 2.30. The van der Waals surface area contributed by atoms with E-state index in [0.717, 1.165) is 11.6 Å². The van der Waals surface area contributed by atoms with Gasteiger partial charge in [-0.15, -0.1) is 0 Å². The third kappa shape index (κ3) is 4.47. The van der Waals surface area contributed by atoms with Crippen LogP contribution in [-0.4, -0.2) is 49.0 Å². The van der Waals surface area contributed by atoms with Crippen molar-refractivity contribution in [2.24, 2.45) is 0 Å². The maximum absolute atomic E-state index is 12.9. The average Bonchev–Trinajstić information content (AvgIpc) is 2.68. The van der Waals surface area contributed by atoms with Gasteiger partial charge in [-0.25, -0.2) is 0 Å². The second-order valence-corrected chi connectivity index (χ2v) is 6.90. The molecule has 1 heterocycles. The molecule has 1 aliphatic rings. The minimum absolute atomic E-state index is 0.0462. The Labute approximate surface area is 162 Å². The van der Waals surface area contributed by atoms with Crippen LogP contribution in [0.4, 0.5) is 13.2 Å². The van der Waals surface area contributed by atoms with Crippen LogP contribution in [0.2, 0.25) is 0 Å². The van der Waals surface area contributed by atoms with Crippen molar-refractivity contribution in [2.45, 2.75) is 19.6 Å². The first kappa shape index (κ1) is 20.2. The van der Waals surface area contributed by atoms with Crippen LogP contribution in [0.5, 0.6) is 5.75 Å². The molecular formula is C21H23F3N2O2. The molecule has 4 nitrogen and oxygen atoms in total. The molecule has 2 aromatic rings. The molecule has 0 aromatic heterocycles. The predicted octanol–water partition coefficient (Wildman–Crippen LogP) is 3.98. The van der Waals surface area contributed by atoms with Crippen LogP contribution >= 0.6 is 0 Å². The molecule has 2 aromatic carbocycles. The van der Waals surface area contributed by atoms with Gasteiger partial charge in [-0.2, -0.15) is 13.2 Å². The SMILES string of the molecule is COc1cccc(C(=O)N2CCN(Cc3cccc(C(F)(F)F)c3)CC2)c1C. The van der Waals surface area contributed by atoms with Crippen LogP contribution < -0.4 is 4.74 Å². The minimum Gasteiger partial charge on any atom is -0.496 e. The Morgan fingerprint density at radius 3 is 2.39 bits per heavy atom. The molecule has 0 unspecified atom stereocenters. The van der Waals surface area contributed by atoms with Crippen LogP contribution in [0, 0.1) is 6.92 Å². The van der Waals surface area contributed by atoms with Gasteiger partial charge in [0.1, 0.15) is 5.75 Å². The molecule has 1 saturated heterocycles. The zero-order chi connectivity index (χ0) is 20.3. The number of hydrogen-bond acceptors (Lipinski definition) is 3. The first-order chi connectivity index (χ1) is 13.3. The number of rotatable bonds is 4. The first-order valence-corrected chi connectivity index (χ1v) is 9.11. The van der Waals surface area contributed by atoms with Gasteiger partial charge in [0.25, 0.3) is 5.91 Å². The lowest BCUT2D eigenvalue weighted by Gasteiger charge is -2.35. The van der Waals surface area contributed by atoms with Gasteiger partial charge < -0.3 is 9.64 Å². The van der Waals surface area contributed by atoms with Crippen LogP contribution in [-0.2, 0) is 12.7 Å². The highest BCUT2D eigenvalue weighted by molar-refractivity contribution is 5.96. The summed E-state index contributed by atoms with van der Waals surface area (Å²) in [4.78, 5) is 16.7. The third-order valence-electron chi connectivity index (χ3n) is 5.05. The zero-order valence-electron chi connectivity index (χ0n) is 15.9. The number of carbonyl (C=O) groups is 1. The molecule has 3 rings (SSSR count). The molecule has 0 atom stereocenters. The number of hydrogen-bond donors (Lipinski definition) is 0. The Hall–Kier alpha value is -2.54. The second kappa shape index (κ2) is 8.22. The lowest BCUT2D eigenvalue weighted by molar-refractivity contribution is -0.137. The van der Waals surface area contributed by atoms with Crippen molar-refractivity contribution >= 4 is 5.91 Å². The van der Waals surface area contributed by atoms with Crippen molar-refractivity contribution in [3.8, 4) is 5.75 Å². The van der Waals surface area contributed by atoms with E-state index in [9.17, 15) is 18.0 Å². The number of benzene rings is 2. The van der Waals surface area contributed by atoms with E-state index in [4.69, 9.17) is 4.74 Å². The van der Waals surface area contributed by atoms with Gasteiger partial charge in [0.2, 0.25) is 0 Å². The number of halogens is 3. The van der Waals surface area contributed by atoms with Crippen molar-refractivity contribution in [3.63, 3.8) is 0 Å². The Morgan fingerprint density at radius 1 is 1.07 bits per heavy atom. The second-order valence-electron chi connectivity index (χ2n) is 6.90. The Morgan fingerprint density at radius 2 is 1.75 bits per heavy atom. The number of methoxy groups -OCH3 is 1. The van der Waals surface area contributed by atoms with Crippen molar-refractivity contribution in [1.82, 2.24) is 9.80 Å². The van der Waals surface area contributed by atoms with Crippen molar-refractivity contribution in [1.29, 1.82) is 0 Å². The van der Waals surface area contributed by atoms with Gasteiger partial charge in [-0.05, 0) is 30.7 Å². The molecule has 1 amide bonds. The third-order valence-corrected chi connectivity index (χ3v) is 5.05. The fourth-order valence-electron chi connectivity index (χ4n) is 3.45. The molecule has 0 aliphatic carbocycles. The minimum atomic E-state index is -4.34. The van der Waals surface area contributed by atoms with E-state index in [0.29, 0.717) is 49.6 Å². The summed E-state index contributed by atoms with van der Waals surface area (Å²) in [7, 11) is 1.57. The lowest BCUT2D eigenvalue weighted by Crippen LogP contribution is -2.48. The summed E-state index contributed by atoms with van der Waals surface area (Å²) in [5, 5.41) is 0. The number of nitrogens with zero attached hydrogens (tertiary/aromatic N) is 2. The fourth-order valence-corrected chi connectivity index (χ4v) is 3.45. The molecule has 0 saturated carbocycles. The van der Waals surface area contributed by atoms with Gasteiger partial charge in [0.05, 0.1) is 12.7 Å². The van der Waals surface area contributed by atoms with Crippen molar-refractivity contribution in [2.75, 3.05) is 33.3 Å². The average molecular weight is 392 g/mol. The number of amides is 1. The fraction of sp³-hybridized carbons (Fsp3) is 0.381. The van der Waals surface area contributed by atoms with E-state index >= 15 is 0 Å². The van der Waals surface area contributed by atoms with Crippen LogP contribution in [0.15, 0.2) is 42.5 Å². The van der Waals surface area contributed by atoms with Gasteiger partial charge in [0, 0.05) is 43.9 Å². The topological polar surface area (TPSA) is 32.8 Å². The van der Waals surface area contributed by atoms with E-state index in [-0.39, 0.29) is 5.91 Å². The standard InChI is InChI=1S/C21H23F3N2O2/c1-15-18(7-4-8-19(15)28-2)20(27)26-11-9-25(10-12-26)14-16-5-3-6-17(13-16)21(22,23)24/h3-8,13H,9-12,14H2,1-2H3. The van der Waals surface area contributed by atoms with E-state index in [1.165, 1.54) is 12.1 Å². The van der Waals surface area contributed by atoms with Gasteiger partial charge in [0.15, 0.2) is 0 Å². The van der Waals surface area contributed by atoms with Crippen molar-refractivity contribution in [3.05, 3.63) is 64.7 Å². The first-order valence-electron chi connectivity index (χ1n) is 9.11. The number of alkyl halides is 3. The number of piperazine rings is 1. The molecule has 28 heavy (non-hydrogen) atoms. The van der Waals surface area contributed by atoms with E-state index in [1.807, 2.05) is 13.0 Å². The zero-order valence-corrected chi connectivity index (χ0v) is 15.9. The Bertz CT molecular complexity index is 844. The summed E-state index contributed by atoms with van der Waals surface area (Å²) >= 11 is 0. The molecule has 1 fully saturated rings. The van der Waals surface area contributed by atoms with Crippen LogP contribution in [0.3, 0.4) is 0 Å². The van der Waals surface area contributed by atoms with Crippen LogP contribution in [0.1, 0.15) is 27.0 Å². The van der Waals surface area contributed by atoms with Gasteiger partial charge >= 0.3 is 6.18 Å². The van der Waals surface area contributed by atoms with Crippen molar-refractivity contribution < 1.29 is 22.7 Å². The summed E-state index contributed by atoms with van der Waals surface area (Å²) in [6, 6.07) is 10.8. The summed E-state index contributed by atoms with van der Waals surface area (Å²) < 4.78 is 43.9. The summed E-state index contributed by atoms with van der Waals surface area (Å²) in [6.07, 6.45) is -4.34. The van der Waals surface area contributed by atoms with E-state index in [1.54, 1.807) is 30.2 Å². The maximum Gasteiger partial charge on any atom is 0.416 e. The monoisotopic (exact) mass is 392 g/mol. The normalized spacial score (nSPS) is 15.5. The predicted molar refractivity (Wildman–Crippen MR) is 100 cm³/mol. The highest BCUT2D eigenvalue weighted by atomic mass is 19.4. The molecule has 0 radical (unpaired) electrons. The quantitative estimate of drug-likeness (QED) is 0.789. The summed E-state index contributed by atoms with van der Waals surface area (Å²) in [5.74, 6) is 0.629. The molecule has 150 valence electrons. The molecule has 0 N–H and O–H groups in total. The molecule has 1 aliphatic heterocycles. The molecular weight excluding hydrogens is 369 g/mol. The van der Waals surface area contributed by atoms with Gasteiger partial charge in [-0.3, -0.25) is 9.69 Å². The summed E-state index contributed by atoms with van der Waals surface area (Å²) in [5.41, 5.74) is 1.41. The van der Waals surface area contributed by atoms with Crippen LogP contribution in [0.25, 0.3) is 0 Å². The molecule has 0 bridgehead atoms. The highest BCUT2D eigenvalue weighted by Gasteiger charge is 2.30. The Balaban J connectivity index is 1.61. The maximum atomic E-state index is 12.9. The Kier molecular flexibility index (Phi) is 5.93. The van der Waals surface area contributed by atoms with E-state index < -0.39 is 11.7 Å².